The largest absolute Gasteiger partial charge is 0.462 e. The van der Waals surface area contributed by atoms with Crippen LogP contribution >= 0.6 is 0 Å². The molecule has 0 aliphatic carbocycles. The average molecular weight is 793 g/mol. The monoisotopic (exact) mass is 793 g/mol. The smallest absolute Gasteiger partial charge is 0.306 e. The van der Waals surface area contributed by atoms with Crippen molar-refractivity contribution in [3.63, 3.8) is 0 Å². The van der Waals surface area contributed by atoms with E-state index < -0.39 is 6.10 Å². The van der Waals surface area contributed by atoms with Crippen LogP contribution in [0, 0.1) is 11.8 Å². The third kappa shape index (κ3) is 43.5. The molecule has 0 aliphatic heterocycles. The van der Waals surface area contributed by atoms with E-state index in [1.165, 1.54) is 161 Å². The molecule has 0 radical (unpaired) electrons. The highest BCUT2D eigenvalue weighted by Crippen LogP contribution is 2.17. The summed E-state index contributed by atoms with van der Waals surface area (Å²) >= 11 is 0. The summed E-state index contributed by atoms with van der Waals surface area (Å²) in [7, 11) is 0. The van der Waals surface area contributed by atoms with Gasteiger partial charge in [-0.1, -0.05) is 234 Å². The van der Waals surface area contributed by atoms with Crippen molar-refractivity contribution in [3.05, 3.63) is 0 Å². The molecule has 6 heteroatoms. The van der Waals surface area contributed by atoms with Gasteiger partial charge in [-0.2, -0.15) is 0 Å². The van der Waals surface area contributed by atoms with Crippen molar-refractivity contribution in [3.8, 4) is 0 Å². The van der Waals surface area contributed by atoms with Crippen LogP contribution in [0.25, 0.3) is 0 Å². The van der Waals surface area contributed by atoms with Gasteiger partial charge >= 0.3 is 17.9 Å². The molecule has 0 bridgehead atoms. The highest BCUT2D eigenvalue weighted by atomic mass is 16.6. The Labute approximate surface area is 348 Å². The van der Waals surface area contributed by atoms with Gasteiger partial charge in [0.2, 0.25) is 0 Å². The molecule has 6 nitrogen and oxygen atoms in total. The molecule has 0 spiro atoms. The van der Waals surface area contributed by atoms with Crippen LogP contribution in [-0.2, 0) is 28.6 Å². The maximum absolute atomic E-state index is 12.7. The Hall–Kier alpha value is -1.59. The molecule has 332 valence electrons. The van der Waals surface area contributed by atoms with Gasteiger partial charge in [0.15, 0.2) is 6.10 Å². The Morgan fingerprint density at radius 2 is 0.589 bits per heavy atom. The summed E-state index contributed by atoms with van der Waals surface area (Å²) in [6, 6.07) is 0. The third-order valence-electron chi connectivity index (χ3n) is 11.2. The summed E-state index contributed by atoms with van der Waals surface area (Å²) in [6.07, 6.45) is 42.5. The predicted octanol–water partition coefficient (Wildman–Crippen LogP) is 15.8. The standard InChI is InChI=1S/C50H96O6/c1-6-7-8-9-10-11-12-13-14-15-16-17-18-21-24-30-35-40-48(51)54-43-47(56-50(53)42-37-32-27-26-29-34-39-46(4)5)44-55-49(52)41-36-31-25-22-19-20-23-28-33-38-45(2)3/h45-47H,6-44H2,1-5H3/t47-/m0/s1. The minimum absolute atomic E-state index is 0.0653. The van der Waals surface area contributed by atoms with E-state index in [1.54, 1.807) is 0 Å². The van der Waals surface area contributed by atoms with E-state index in [4.69, 9.17) is 14.2 Å². The van der Waals surface area contributed by atoms with Crippen LogP contribution < -0.4 is 0 Å². The van der Waals surface area contributed by atoms with Crippen molar-refractivity contribution in [2.24, 2.45) is 11.8 Å². The predicted molar refractivity (Wildman–Crippen MR) is 238 cm³/mol. The number of ether oxygens (including phenoxy) is 3. The van der Waals surface area contributed by atoms with Crippen LogP contribution in [0.4, 0.5) is 0 Å². The lowest BCUT2D eigenvalue weighted by atomic mass is 10.0. The van der Waals surface area contributed by atoms with Crippen LogP contribution in [0.2, 0.25) is 0 Å². The highest BCUT2D eigenvalue weighted by Gasteiger charge is 2.19. The number of esters is 3. The van der Waals surface area contributed by atoms with E-state index in [0.717, 1.165) is 69.6 Å². The Kier molecular flexibility index (Phi) is 41.8. The summed E-state index contributed by atoms with van der Waals surface area (Å²) in [5.74, 6) is 0.709. The molecule has 0 unspecified atom stereocenters. The quantitative estimate of drug-likeness (QED) is 0.0347. The second-order valence-electron chi connectivity index (χ2n) is 18.1. The van der Waals surface area contributed by atoms with Gasteiger partial charge in [0, 0.05) is 19.3 Å². The number of carbonyl (C=O) groups excluding carboxylic acids is 3. The van der Waals surface area contributed by atoms with Crippen LogP contribution in [0.3, 0.4) is 0 Å². The SMILES string of the molecule is CCCCCCCCCCCCCCCCCCCC(=O)OC[C@@H](COC(=O)CCCCCCCCCCCC(C)C)OC(=O)CCCCCCCCC(C)C. The first-order valence-corrected chi connectivity index (χ1v) is 24.7. The molecule has 1 atom stereocenters. The van der Waals surface area contributed by atoms with Crippen molar-refractivity contribution >= 4 is 17.9 Å². The second kappa shape index (κ2) is 43.0. The topological polar surface area (TPSA) is 78.9 Å². The number of carbonyl (C=O) groups is 3. The summed E-state index contributed by atoms with van der Waals surface area (Å²) in [6.45, 7) is 11.3. The summed E-state index contributed by atoms with van der Waals surface area (Å²) in [5, 5.41) is 0. The maximum Gasteiger partial charge on any atom is 0.306 e. The van der Waals surface area contributed by atoms with Gasteiger partial charge in [-0.3, -0.25) is 14.4 Å². The highest BCUT2D eigenvalue weighted by molar-refractivity contribution is 5.71. The lowest BCUT2D eigenvalue weighted by Crippen LogP contribution is -2.30. The first kappa shape index (κ1) is 54.4. The number of hydrogen-bond acceptors (Lipinski definition) is 6. The van der Waals surface area contributed by atoms with Crippen LogP contribution in [-0.4, -0.2) is 37.2 Å². The molecule has 0 aromatic rings. The maximum atomic E-state index is 12.7. The minimum Gasteiger partial charge on any atom is -0.462 e. The average Bonchev–Trinajstić information content (AvgIpc) is 3.16. The molecule has 0 saturated carbocycles. The lowest BCUT2D eigenvalue weighted by molar-refractivity contribution is -0.167. The third-order valence-corrected chi connectivity index (χ3v) is 11.2. The van der Waals surface area contributed by atoms with Gasteiger partial charge in [-0.15, -0.1) is 0 Å². The first-order valence-electron chi connectivity index (χ1n) is 24.7. The fourth-order valence-electron chi connectivity index (χ4n) is 7.46. The van der Waals surface area contributed by atoms with Crippen LogP contribution in [0.5, 0.6) is 0 Å². The molecule has 0 fully saturated rings. The summed E-state index contributed by atoms with van der Waals surface area (Å²) < 4.78 is 16.7. The number of unbranched alkanes of at least 4 members (excludes halogenated alkanes) is 29. The zero-order valence-corrected chi connectivity index (χ0v) is 38.3. The van der Waals surface area contributed by atoms with Gasteiger partial charge in [0.25, 0.3) is 0 Å². The minimum atomic E-state index is -0.762. The van der Waals surface area contributed by atoms with Gasteiger partial charge in [0.05, 0.1) is 0 Å². The van der Waals surface area contributed by atoms with Gasteiger partial charge in [-0.05, 0) is 31.1 Å². The van der Waals surface area contributed by atoms with Crippen LogP contribution in [0.15, 0.2) is 0 Å². The molecule has 0 aromatic carbocycles. The second-order valence-corrected chi connectivity index (χ2v) is 18.1. The Balaban J connectivity index is 4.24. The number of rotatable bonds is 44. The molecule has 0 heterocycles. The molecule has 56 heavy (non-hydrogen) atoms. The van der Waals surface area contributed by atoms with Crippen LogP contribution in [0.1, 0.15) is 272 Å². The van der Waals surface area contributed by atoms with Crippen molar-refractivity contribution in [1.82, 2.24) is 0 Å². The fourth-order valence-corrected chi connectivity index (χ4v) is 7.46. The molecule has 0 rings (SSSR count). The molecule has 0 N–H and O–H groups in total. The van der Waals surface area contributed by atoms with Crippen molar-refractivity contribution in [2.45, 2.75) is 278 Å². The molecule has 0 aromatic heterocycles. The van der Waals surface area contributed by atoms with Gasteiger partial charge < -0.3 is 14.2 Å². The van der Waals surface area contributed by atoms with Crippen molar-refractivity contribution < 1.29 is 28.6 Å². The van der Waals surface area contributed by atoms with E-state index in [1.807, 2.05) is 0 Å². The fraction of sp³-hybridized carbons (Fsp3) is 0.940. The van der Waals surface area contributed by atoms with E-state index in [0.29, 0.717) is 19.3 Å². The van der Waals surface area contributed by atoms with Gasteiger partial charge in [0.1, 0.15) is 13.2 Å². The summed E-state index contributed by atoms with van der Waals surface area (Å²) in [5.41, 5.74) is 0. The molecule has 0 amide bonds. The van der Waals surface area contributed by atoms with E-state index in [-0.39, 0.29) is 31.1 Å². The zero-order valence-electron chi connectivity index (χ0n) is 38.3. The van der Waals surface area contributed by atoms with E-state index in [9.17, 15) is 14.4 Å². The van der Waals surface area contributed by atoms with Crippen molar-refractivity contribution in [2.75, 3.05) is 13.2 Å². The Morgan fingerprint density at radius 3 is 0.875 bits per heavy atom. The Morgan fingerprint density at radius 1 is 0.339 bits per heavy atom. The van der Waals surface area contributed by atoms with Gasteiger partial charge in [-0.25, -0.2) is 0 Å². The van der Waals surface area contributed by atoms with E-state index >= 15 is 0 Å². The molecule has 0 saturated heterocycles. The Bertz CT molecular complexity index is 854. The summed E-state index contributed by atoms with van der Waals surface area (Å²) in [4.78, 5) is 37.8. The number of hydrogen-bond donors (Lipinski definition) is 0. The zero-order chi connectivity index (χ0) is 41.2. The molecule has 0 aliphatic rings. The van der Waals surface area contributed by atoms with Crippen molar-refractivity contribution in [1.29, 1.82) is 0 Å². The lowest BCUT2D eigenvalue weighted by Gasteiger charge is -2.18. The normalized spacial score (nSPS) is 12.1. The van der Waals surface area contributed by atoms with E-state index in [2.05, 4.69) is 34.6 Å². The first-order chi connectivity index (χ1) is 27.2. The molecular weight excluding hydrogens is 697 g/mol. The molecular formula is C50H96O6.